The molecule has 0 bridgehead atoms. The minimum Gasteiger partial charge on any atom is -0.457 e. The minimum absolute atomic E-state index is 0.0865. The Morgan fingerprint density at radius 3 is 2.33 bits per heavy atom. The highest BCUT2D eigenvalue weighted by Gasteiger charge is 2.42. The Bertz CT molecular complexity index is 967. The summed E-state index contributed by atoms with van der Waals surface area (Å²) in [5.41, 5.74) is 0.550. The van der Waals surface area contributed by atoms with Gasteiger partial charge in [0.05, 0.1) is 5.60 Å². The highest BCUT2D eigenvalue weighted by molar-refractivity contribution is 5.72. The van der Waals surface area contributed by atoms with E-state index in [2.05, 4.69) is 5.32 Å². The number of carbonyl (C=O) groups excluding carboxylic acids is 2. The van der Waals surface area contributed by atoms with Crippen molar-refractivity contribution in [3.63, 3.8) is 0 Å². The zero-order valence-electron chi connectivity index (χ0n) is 21.9. The third kappa shape index (κ3) is 7.82. The van der Waals surface area contributed by atoms with Crippen molar-refractivity contribution in [2.75, 3.05) is 19.6 Å². The molecular formula is C30H42N2O4. The molecule has 6 heteroatoms. The molecule has 1 aliphatic carbocycles. The number of ether oxygens (including phenoxy) is 1. The Morgan fingerprint density at radius 2 is 1.69 bits per heavy atom. The Hall–Kier alpha value is -2.86. The van der Waals surface area contributed by atoms with Crippen LogP contribution < -0.4 is 10.1 Å². The lowest BCUT2D eigenvalue weighted by Gasteiger charge is -2.42. The highest BCUT2D eigenvalue weighted by Crippen LogP contribution is 2.44. The van der Waals surface area contributed by atoms with Gasteiger partial charge in [-0.2, -0.15) is 0 Å². The second-order valence-corrected chi connectivity index (χ2v) is 10.1. The monoisotopic (exact) mass is 494 g/mol. The Morgan fingerprint density at radius 1 is 1.06 bits per heavy atom. The first kappa shape index (κ1) is 27.7. The minimum atomic E-state index is -1.18. The third-order valence-corrected chi connectivity index (χ3v) is 7.30. The lowest BCUT2D eigenvalue weighted by atomic mass is 9.74. The number of amides is 2. The van der Waals surface area contributed by atoms with Gasteiger partial charge in [-0.25, -0.2) is 0 Å². The maximum atomic E-state index is 12.1. The molecule has 196 valence electrons. The third-order valence-electron chi connectivity index (χ3n) is 7.30. The summed E-state index contributed by atoms with van der Waals surface area (Å²) in [5.74, 6) is 1.15. The van der Waals surface area contributed by atoms with Gasteiger partial charge in [0.25, 0.3) is 0 Å². The first-order chi connectivity index (χ1) is 17.4. The van der Waals surface area contributed by atoms with E-state index in [0.29, 0.717) is 38.2 Å². The number of para-hydroxylation sites is 2. The first-order valence-corrected chi connectivity index (χ1v) is 13.4. The molecule has 1 saturated heterocycles. The van der Waals surface area contributed by atoms with Gasteiger partial charge >= 0.3 is 0 Å². The van der Waals surface area contributed by atoms with Crippen molar-refractivity contribution in [3.8, 4) is 11.5 Å². The van der Waals surface area contributed by atoms with E-state index >= 15 is 0 Å². The molecule has 2 aliphatic rings. The molecule has 0 radical (unpaired) electrons. The van der Waals surface area contributed by atoms with Gasteiger partial charge in [-0.1, -0.05) is 68.5 Å². The predicted octanol–water partition coefficient (Wildman–Crippen LogP) is 5.71. The van der Waals surface area contributed by atoms with E-state index in [1.54, 1.807) is 4.90 Å². The van der Waals surface area contributed by atoms with Crippen molar-refractivity contribution >= 4 is 12.3 Å². The summed E-state index contributed by atoms with van der Waals surface area (Å²) >= 11 is 0. The summed E-state index contributed by atoms with van der Waals surface area (Å²) in [6, 6.07) is 15.4. The van der Waals surface area contributed by atoms with E-state index in [0.717, 1.165) is 36.1 Å². The first-order valence-electron chi connectivity index (χ1n) is 13.4. The van der Waals surface area contributed by atoms with Crippen molar-refractivity contribution in [2.24, 2.45) is 5.92 Å². The largest absolute Gasteiger partial charge is 0.457 e. The van der Waals surface area contributed by atoms with Gasteiger partial charge in [-0.3, -0.25) is 9.59 Å². The predicted molar refractivity (Wildman–Crippen MR) is 143 cm³/mol. The molecule has 4 rings (SSSR count). The molecule has 2 aromatic rings. The molecule has 1 heterocycles. The van der Waals surface area contributed by atoms with E-state index in [4.69, 9.17) is 4.74 Å². The molecule has 0 aromatic heterocycles. The van der Waals surface area contributed by atoms with Crippen LogP contribution in [0.25, 0.3) is 0 Å². The summed E-state index contributed by atoms with van der Waals surface area (Å²) in [6.45, 7) is 5.17. The fourth-order valence-corrected chi connectivity index (χ4v) is 5.26. The number of aryl methyl sites for hydroxylation is 1. The van der Waals surface area contributed by atoms with E-state index < -0.39 is 5.60 Å². The van der Waals surface area contributed by atoms with Gasteiger partial charge < -0.3 is 20.1 Å². The molecule has 1 saturated carbocycles. The molecule has 2 atom stereocenters. The van der Waals surface area contributed by atoms with E-state index in [1.807, 2.05) is 55.5 Å². The molecule has 36 heavy (non-hydrogen) atoms. The van der Waals surface area contributed by atoms with E-state index in [-0.39, 0.29) is 11.8 Å². The molecule has 2 amide bonds. The van der Waals surface area contributed by atoms with Gasteiger partial charge in [-0.05, 0) is 50.3 Å². The number of hydrogen-bond donors (Lipinski definition) is 2. The topological polar surface area (TPSA) is 78.9 Å². The van der Waals surface area contributed by atoms with Gasteiger partial charge in [0.1, 0.15) is 11.5 Å². The number of benzene rings is 2. The van der Waals surface area contributed by atoms with Crippen LogP contribution in [-0.2, 0) is 15.2 Å². The van der Waals surface area contributed by atoms with Gasteiger partial charge in [0.15, 0.2) is 0 Å². The van der Waals surface area contributed by atoms with Crippen LogP contribution in [0.2, 0.25) is 0 Å². The molecule has 2 fully saturated rings. The summed E-state index contributed by atoms with van der Waals surface area (Å²) in [4.78, 5) is 24.4. The normalized spacial score (nSPS) is 19.0. The number of carbonyl (C=O) groups is 2. The van der Waals surface area contributed by atoms with Crippen LogP contribution in [0.3, 0.4) is 0 Å². The average Bonchev–Trinajstić information content (AvgIpc) is 3.49. The molecule has 2 N–H and O–H groups in total. The lowest BCUT2D eigenvalue weighted by molar-refractivity contribution is -0.124. The van der Waals surface area contributed by atoms with Crippen LogP contribution in [-0.4, -0.2) is 42.0 Å². The summed E-state index contributed by atoms with van der Waals surface area (Å²) in [5, 5.41) is 14.9. The summed E-state index contributed by atoms with van der Waals surface area (Å²) < 4.78 is 6.26. The van der Waals surface area contributed by atoms with Crippen LogP contribution in [0.1, 0.15) is 75.8 Å². The smallest absolute Gasteiger partial charge is 0.216 e. The van der Waals surface area contributed by atoms with Crippen LogP contribution >= 0.6 is 0 Å². The van der Waals surface area contributed by atoms with E-state index in [9.17, 15) is 14.7 Å². The molecule has 6 nitrogen and oxygen atoms in total. The number of hydrogen-bond acceptors (Lipinski definition) is 4. The van der Waals surface area contributed by atoms with Crippen molar-refractivity contribution < 1.29 is 19.4 Å². The zero-order chi connectivity index (χ0) is 25.8. The van der Waals surface area contributed by atoms with Crippen molar-refractivity contribution in [3.05, 3.63) is 59.7 Å². The second kappa shape index (κ2) is 14.0. The van der Waals surface area contributed by atoms with Crippen LogP contribution in [0.5, 0.6) is 11.5 Å². The summed E-state index contributed by atoms with van der Waals surface area (Å²) in [7, 11) is 0. The maximum Gasteiger partial charge on any atom is 0.216 e. The Kier molecular flexibility index (Phi) is 10.8. The number of rotatable bonds is 9. The molecule has 0 spiro atoms. The molecule has 2 aromatic carbocycles. The fraction of sp³-hybridized carbons (Fsp3) is 0.533. The van der Waals surface area contributed by atoms with Gasteiger partial charge in [0, 0.05) is 38.0 Å². The highest BCUT2D eigenvalue weighted by atomic mass is 16.5. The second-order valence-electron chi connectivity index (χ2n) is 10.1. The molecule has 2 unspecified atom stereocenters. The maximum absolute atomic E-state index is 12.1. The molecule has 1 aliphatic heterocycles. The number of nitrogens with zero attached hydrogens (tertiary/aromatic N) is 1. The number of piperidine rings is 1. The average molecular weight is 495 g/mol. The molecular weight excluding hydrogens is 452 g/mol. The standard InChI is InChI=1S/C25H32N2O4.C5H10/c1-19-9-3-5-12-23(19)31-24-13-6-4-11-22(24)25(30,14-8-15-26-20(2)29)21-10-7-16-27(17-21)18-28;1-2-4-5-3-1/h3-6,9,11-13,18,21,30H,7-8,10,14-17H2,1-2H3,(H,26,29);1-5H2. The SMILES string of the molecule is C1CCCC1.CC(=O)NCCCC(O)(c1ccccc1Oc1ccccc1C)C1CCCN(C=O)C1. The van der Waals surface area contributed by atoms with Crippen molar-refractivity contribution in [2.45, 2.75) is 77.2 Å². The number of aliphatic hydroxyl groups is 1. The summed E-state index contributed by atoms with van der Waals surface area (Å²) in [6.07, 6.45) is 11.1. The Balaban J connectivity index is 0.000000642. The van der Waals surface area contributed by atoms with Crippen LogP contribution in [0.4, 0.5) is 0 Å². The van der Waals surface area contributed by atoms with E-state index in [1.165, 1.54) is 39.0 Å². The lowest BCUT2D eigenvalue weighted by Crippen LogP contribution is -2.46. The van der Waals surface area contributed by atoms with Crippen molar-refractivity contribution in [1.82, 2.24) is 10.2 Å². The zero-order valence-corrected chi connectivity index (χ0v) is 21.9. The van der Waals surface area contributed by atoms with Crippen LogP contribution in [0.15, 0.2) is 48.5 Å². The van der Waals surface area contributed by atoms with Crippen molar-refractivity contribution in [1.29, 1.82) is 0 Å². The number of nitrogens with one attached hydrogen (secondary N) is 1. The van der Waals surface area contributed by atoms with Crippen LogP contribution in [0, 0.1) is 12.8 Å². The quantitative estimate of drug-likeness (QED) is 0.346. The van der Waals surface area contributed by atoms with Gasteiger partial charge in [0.2, 0.25) is 12.3 Å². The fourth-order valence-electron chi connectivity index (χ4n) is 5.26. The Labute approximate surface area is 216 Å². The number of likely N-dealkylation sites (tertiary alicyclic amines) is 1. The van der Waals surface area contributed by atoms with Gasteiger partial charge in [-0.15, -0.1) is 0 Å².